The second-order valence-corrected chi connectivity index (χ2v) is 7.86. The Labute approximate surface area is 184 Å². The van der Waals surface area contributed by atoms with E-state index < -0.39 is 6.04 Å². The largest absolute Gasteiger partial charge is 0.483 e. The number of ether oxygens (including phenoxy) is 1. The fourth-order valence-corrected chi connectivity index (χ4v) is 3.45. The summed E-state index contributed by atoms with van der Waals surface area (Å²) < 4.78 is 19.2. The molecule has 0 aliphatic carbocycles. The Hall–Kier alpha value is -2.89. The highest BCUT2D eigenvalue weighted by atomic mass is 19.1. The zero-order chi connectivity index (χ0) is 23.0. The molecule has 168 valence electrons. The Balaban J connectivity index is 2.24. The van der Waals surface area contributed by atoms with E-state index in [0.717, 1.165) is 28.7 Å². The van der Waals surface area contributed by atoms with Crippen molar-refractivity contribution in [3.63, 3.8) is 0 Å². The zero-order valence-electron chi connectivity index (χ0n) is 19.1. The van der Waals surface area contributed by atoms with E-state index in [1.807, 2.05) is 40.7 Å². The van der Waals surface area contributed by atoms with Crippen LogP contribution in [0.1, 0.15) is 48.9 Å². The number of carbonyl (C=O) groups excluding carboxylic acids is 2. The van der Waals surface area contributed by atoms with Gasteiger partial charge in [-0.3, -0.25) is 9.59 Å². The van der Waals surface area contributed by atoms with E-state index >= 15 is 0 Å². The molecule has 0 radical (unpaired) electrons. The predicted octanol–water partition coefficient (Wildman–Crippen LogP) is 4.46. The van der Waals surface area contributed by atoms with Crippen LogP contribution in [-0.2, 0) is 16.1 Å². The molecule has 0 unspecified atom stereocenters. The fourth-order valence-electron chi connectivity index (χ4n) is 3.45. The van der Waals surface area contributed by atoms with Crippen LogP contribution in [0.3, 0.4) is 0 Å². The number of carbonyl (C=O) groups is 2. The smallest absolute Gasteiger partial charge is 0.261 e. The number of nitrogens with one attached hydrogen (secondary N) is 1. The Morgan fingerprint density at radius 3 is 2.39 bits per heavy atom. The summed E-state index contributed by atoms with van der Waals surface area (Å²) in [6, 6.07) is 9.30. The van der Waals surface area contributed by atoms with Crippen molar-refractivity contribution < 1.29 is 18.7 Å². The predicted molar refractivity (Wildman–Crippen MR) is 120 cm³/mol. The molecule has 2 rings (SSSR count). The molecule has 6 heteroatoms. The number of amides is 2. The molecule has 0 saturated carbocycles. The molecule has 31 heavy (non-hydrogen) atoms. The number of nitrogens with zero attached hydrogens (tertiary/aromatic N) is 1. The maximum Gasteiger partial charge on any atom is 0.261 e. The summed E-state index contributed by atoms with van der Waals surface area (Å²) in [4.78, 5) is 27.5. The molecule has 5 nitrogen and oxygen atoms in total. The molecule has 0 aromatic heterocycles. The average Bonchev–Trinajstić information content (AvgIpc) is 2.74. The molecular formula is C25H33FN2O3. The molecule has 0 spiro atoms. The third kappa shape index (κ3) is 6.81. The SMILES string of the molecule is CCCNC(=O)[C@@H](CC)N(Cc1ccc(F)cc1)C(=O)COc1cc(C)cc(C)c1C. The Bertz CT molecular complexity index is 896. The summed E-state index contributed by atoms with van der Waals surface area (Å²) in [6.07, 6.45) is 1.27. The third-order valence-electron chi connectivity index (χ3n) is 5.32. The number of hydrogen-bond donors (Lipinski definition) is 1. The van der Waals surface area contributed by atoms with Gasteiger partial charge in [0.25, 0.3) is 5.91 Å². The maximum absolute atomic E-state index is 13.3. The van der Waals surface area contributed by atoms with Crippen molar-refractivity contribution in [1.82, 2.24) is 10.2 Å². The first-order chi connectivity index (χ1) is 14.8. The number of benzene rings is 2. The quantitative estimate of drug-likeness (QED) is 0.608. The van der Waals surface area contributed by atoms with Gasteiger partial charge in [-0.1, -0.05) is 32.0 Å². The number of aryl methyl sites for hydroxylation is 2. The molecule has 2 aromatic rings. The minimum Gasteiger partial charge on any atom is -0.483 e. The van der Waals surface area contributed by atoms with Crippen molar-refractivity contribution in [1.29, 1.82) is 0 Å². The van der Waals surface area contributed by atoms with Crippen LogP contribution in [0.15, 0.2) is 36.4 Å². The molecule has 0 bridgehead atoms. The van der Waals surface area contributed by atoms with Gasteiger partial charge in [0.1, 0.15) is 17.6 Å². The second-order valence-electron chi connectivity index (χ2n) is 7.86. The summed E-state index contributed by atoms with van der Waals surface area (Å²) >= 11 is 0. The van der Waals surface area contributed by atoms with Crippen molar-refractivity contribution in [3.05, 3.63) is 64.5 Å². The fraction of sp³-hybridized carbons (Fsp3) is 0.440. The summed E-state index contributed by atoms with van der Waals surface area (Å²) in [6.45, 7) is 10.4. The molecule has 1 N–H and O–H groups in total. The normalized spacial score (nSPS) is 11.7. The van der Waals surface area contributed by atoms with Gasteiger partial charge in [-0.25, -0.2) is 4.39 Å². The van der Waals surface area contributed by atoms with Crippen LogP contribution in [0.5, 0.6) is 5.75 Å². The van der Waals surface area contributed by atoms with Gasteiger partial charge in [-0.15, -0.1) is 0 Å². The van der Waals surface area contributed by atoms with Gasteiger partial charge in [-0.2, -0.15) is 0 Å². The third-order valence-corrected chi connectivity index (χ3v) is 5.32. The summed E-state index contributed by atoms with van der Waals surface area (Å²) in [5, 5.41) is 2.88. The molecular weight excluding hydrogens is 395 g/mol. The molecule has 0 heterocycles. The summed E-state index contributed by atoms with van der Waals surface area (Å²) in [7, 11) is 0. The molecule has 1 atom stereocenters. The van der Waals surface area contributed by atoms with Crippen LogP contribution >= 0.6 is 0 Å². The van der Waals surface area contributed by atoms with Crippen LogP contribution in [0, 0.1) is 26.6 Å². The van der Waals surface area contributed by atoms with E-state index in [2.05, 4.69) is 11.4 Å². The van der Waals surface area contributed by atoms with E-state index in [0.29, 0.717) is 18.7 Å². The van der Waals surface area contributed by atoms with Crippen LogP contribution < -0.4 is 10.1 Å². The van der Waals surface area contributed by atoms with E-state index in [9.17, 15) is 14.0 Å². The van der Waals surface area contributed by atoms with Crippen LogP contribution in [0.4, 0.5) is 4.39 Å². The van der Waals surface area contributed by atoms with Crippen LogP contribution in [-0.4, -0.2) is 35.9 Å². The van der Waals surface area contributed by atoms with Gasteiger partial charge in [-0.05, 0) is 74.1 Å². The van der Waals surface area contributed by atoms with Crippen LogP contribution in [0.25, 0.3) is 0 Å². The van der Waals surface area contributed by atoms with E-state index in [-0.39, 0.29) is 30.8 Å². The topological polar surface area (TPSA) is 58.6 Å². The van der Waals surface area contributed by atoms with Crippen molar-refractivity contribution in [2.24, 2.45) is 0 Å². The van der Waals surface area contributed by atoms with E-state index in [4.69, 9.17) is 4.74 Å². The second kappa shape index (κ2) is 11.5. The highest BCUT2D eigenvalue weighted by molar-refractivity contribution is 5.88. The highest BCUT2D eigenvalue weighted by Gasteiger charge is 2.29. The number of rotatable bonds is 10. The van der Waals surface area contributed by atoms with Crippen molar-refractivity contribution in [2.75, 3.05) is 13.2 Å². The van der Waals surface area contributed by atoms with Crippen molar-refractivity contribution in [2.45, 2.75) is 60.0 Å². The van der Waals surface area contributed by atoms with Gasteiger partial charge in [0.2, 0.25) is 5.91 Å². The lowest BCUT2D eigenvalue weighted by Gasteiger charge is -2.30. The molecule has 0 fully saturated rings. The van der Waals surface area contributed by atoms with Gasteiger partial charge in [0, 0.05) is 13.1 Å². The number of halogens is 1. The molecule has 0 aliphatic heterocycles. The Morgan fingerprint density at radius 2 is 1.77 bits per heavy atom. The maximum atomic E-state index is 13.3. The average molecular weight is 429 g/mol. The first-order valence-corrected chi connectivity index (χ1v) is 10.8. The van der Waals surface area contributed by atoms with Crippen molar-refractivity contribution >= 4 is 11.8 Å². The molecule has 0 aliphatic rings. The molecule has 2 amide bonds. The Kier molecular flexibility index (Phi) is 9.03. The Morgan fingerprint density at radius 1 is 1.10 bits per heavy atom. The lowest BCUT2D eigenvalue weighted by atomic mass is 10.1. The lowest BCUT2D eigenvalue weighted by molar-refractivity contribution is -0.143. The minimum atomic E-state index is -0.631. The van der Waals surface area contributed by atoms with Gasteiger partial charge in [0.05, 0.1) is 0 Å². The summed E-state index contributed by atoms with van der Waals surface area (Å²) in [5.74, 6) is -0.164. The monoisotopic (exact) mass is 428 g/mol. The minimum absolute atomic E-state index is 0.178. The van der Waals surface area contributed by atoms with Gasteiger partial charge in [0.15, 0.2) is 6.61 Å². The van der Waals surface area contributed by atoms with Gasteiger partial charge >= 0.3 is 0 Å². The van der Waals surface area contributed by atoms with E-state index in [1.54, 1.807) is 12.1 Å². The van der Waals surface area contributed by atoms with Crippen molar-refractivity contribution in [3.8, 4) is 5.75 Å². The molecule has 0 saturated heterocycles. The first-order valence-electron chi connectivity index (χ1n) is 10.8. The first kappa shape index (κ1) is 24.4. The zero-order valence-corrected chi connectivity index (χ0v) is 19.1. The standard InChI is InChI=1S/C25H33FN2O3/c1-6-12-27-25(30)22(7-2)28(15-20-8-10-21(26)11-9-20)24(29)16-31-23-14-17(3)13-18(4)19(23)5/h8-11,13-14,22H,6-7,12,15-16H2,1-5H3,(H,27,30)/t22-/m1/s1. The van der Waals surface area contributed by atoms with Gasteiger partial charge < -0.3 is 15.0 Å². The summed E-state index contributed by atoms with van der Waals surface area (Å²) in [5.41, 5.74) is 3.88. The lowest BCUT2D eigenvalue weighted by Crippen LogP contribution is -2.50. The van der Waals surface area contributed by atoms with E-state index in [1.165, 1.54) is 17.0 Å². The molecule has 2 aromatic carbocycles. The highest BCUT2D eigenvalue weighted by Crippen LogP contribution is 2.23. The number of hydrogen-bond acceptors (Lipinski definition) is 3. The van der Waals surface area contributed by atoms with Crippen LogP contribution in [0.2, 0.25) is 0 Å².